The number of rotatable bonds is 8. The van der Waals surface area contributed by atoms with Crippen LogP contribution >= 0.6 is 0 Å². The number of hydrogen-bond acceptors (Lipinski definition) is 6. The molecule has 7 rings (SSSR count). The molecule has 0 bridgehead atoms. The average molecular weight is 594 g/mol. The number of carbonyl (C=O) groups excluding carboxylic acids is 1. The third kappa shape index (κ3) is 4.63. The topological polar surface area (TPSA) is 139 Å². The van der Waals surface area contributed by atoms with Crippen LogP contribution in [0.25, 0.3) is 22.1 Å². The molecule has 2 aromatic carbocycles. The van der Waals surface area contributed by atoms with Gasteiger partial charge in [0.1, 0.15) is 5.56 Å². The molecule has 1 fully saturated rings. The lowest BCUT2D eigenvalue weighted by molar-refractivity contribution is 0.0941. The van der Waals surface area contributed by atoms with E-state index in [0.717, 1.165) is 35.8 Å². The van der Waals surface area contributed by atoms with Gasteiger partial charge < -0.3 is 5.32 Å². The van der Waals surface area contributed by atoms with Crippen molar-refractivity contribution in [3.8, 4) is 18.0 Å². The quantitative estimate of drug-likeness (QED) is 0.237. The van der Waals surface area contributed by atoms with Crippen LogP contribution in [-0.2, 0) is 23.1 Å². The zero-order chi connectivity index (χ0) is 29.9. The van der Waals surface area contributed by atoms with Crippen molar-refractivity contribution < 1.29 is 13.2 Å². The lowest BCUT2D eigenvalue weighted by Crippen LogP contribution is -2.35. The van der Waals surface area contributed by atoms with Gasteiger partial charge >= 0.3 is 10.2 Å². The molecule has 3 N–H and O–H groups in total. The molecule has 1 unspecified atom stereocenters. The summed E-state index contributed by atoms with van der Waals surface area (Å²) in [4.78, 5) is 32.5. The van der Waals surface area contributed by atoms with E-state index < -0.39 is 22.2 Å². The number of benzene rings is 2. The van der Waals surface area contributed by atoms with Gasteiger partial charge in [-0.2, -0.15) is 13.1 Å². The molecule has 3 aromatic heterocycles. The number of pyridine rings is 1. The number of nitrogens with zero attached hydrogens (tertiary/aromatic N) is 4. The Morgan fingerprint density at radius 2 is 1.88 bits per heavy atom. The summed E-state index contributed by atoms with van der Waals surface area (Å²) in [6, 6.07) is 13.8. The monoisotopic (exact) mass is 593 g/mol. The normalized spacial score (nSPS) is 15.0. The smallest absolute Gasteiger partial charge is 0.300 e. The number of terminal acetylenes is 1. The van der Waals surface area contributed by atoms with Crippen molar-refractivity contribution in [2.75, 3.05) is 4.72 Å². The number of hydrogen-bond donors (Lipinski definition) is 3. The van der Waals surface area contributed by atoms with E-state index in [1.165, 1.54) is 10.7 Å². The Labute approximate surface area is 247 Å². The molecule has 43 heavy (non-hydrogen) atoms. The number of aryl methyl sites for hydroxylation is 2. The van der Waals surface area contributed by atoms with E-state index in [-0.39, 0.29) is 28.6 Å². The molecular weight excluding hydrogens is 566 g/mol. The van der Waals surface area contributed by atoms with Crippen molar-refractivity contribution in [2.45, 2.75) is 44.7 Å². The number of fused-ring (bicyclic) bond motifs is 1. The maximum Gasteiger partial charge on any atom is 0.300 e. The second kappa shape index (κ2) is 10.1. The number of para-hydroxylation sites is 1. The number of aromatic nitrogens is 4. The van der Waals surface area contributed by atoms with Gasteiger partial charge in [0.2, 0.25) is 0 Å². The number of carbonyl (C=O) groups is 1. The van der Waals surface area contributed by atoms with Gasteiger partial charge in [0.15, 0.2) is 11.5 Å². The first-order valence-corrected chi connectivity index (χ1v) is 15.4. The molecule has 5 aromatic rings. The summed E-state index contributed by atoms with van der Waals surface area (Å²) in [5.74, 6) is 1.92. The molecule has 0 aliphatic heterocycles. The molecule has 11 nitrogen and oxygen atoms in total. The fourth-order valence-corrected chi connectivity index (χ4v) is 7.04. The molecule has 12 heteroatoms. The number of anilines is 1. The molecule has 1 atom stereocenters. The minimum absolute atomic E-state index is 0.0326. The van der Waals surface area contributed by atoms with Crippen LogP contribution < -0.4 is 20.3 Å². The lowest BCUT2D eigenvalue weighted by atomic mass is 9.97. The Kier molecular flexibility index (Phi) is 6.30. The predicted octanol–water partition coefficient (Wildman–Crippen LogP) is 3.01. The highest BCUT2D eigenvalue weighted by Crippen LogP contribution is 2.36. The Morgan fingerprint density at radius 3 is 2.63 bits per heavy atom. The molecular formula is C31H27N7O4S. The van der Waals surface area contributed by atoms with Gasteiger partial charge in [-0.15, -0.1) is 11.5 Å². The van der Waals surface area contributed by atoms with Crippen LogP contribution in [-0.4, -0.2) is 39.5 Å². The van der Waals surface area contributed by atoms with Gasteiger partial charge in [0.25, 0.3) is 11.5 Å². The average Bonchev–Trinajstić information content (AvgIpc) is 3.57. The summed E-state index contributed by atoms with van der Waals surface area (Å²) in [6.07, 6.45) is 11.8. The second-order valence-corrected chi connectivity index (χ2v) is 12.3. The minimum atomic E-state index is -3.98. The van der Waals surface area contributed by atoms with Crippen molar-refractivity contribution >= 4 is 38.4 Å². The lowest BCUT2D eigenvalue weighted by Gasteiger charge is -2.24. The van der Waals surface area contributed by atoms with Crippen LogP contribution in [0.15, 0.2) is 65.7 Å². The maximum atomic E-state index is 14.2. The third-order valence-electron chi connectivity index (χ3n) is 7.89. The first kappa shape index (κ1) is 26.9. The highest BCUT2D eigenvalue weighted by molar-refractivity contribution is 7.90. The fraction of sp³-hybridized carbons (Fsp3) is 0.226. The summed E-state index contributed by atoms with van der Waals surface area (Å²) >= 11 is 0. The highest BCUT2D eigenvalue weighted by Gasteiger charge is 2.32. The predicted molar refractivity (Wildman–Crippen MR) is 162 cm³/mol. The van der Waals surface area contributed by atoms with Crippen molar-refractivity contribution in [3.05, 3.63) is 99.2 Å². The van der Waals surface area contributed by atoms with E-state index in [9.17, 15) is 18.0 Å². The van der Waals surface area contributed by atoms with E-state index in [2.05, 4.69) is 30.8 Å². The van der Waals surface area contributed by atoms with Gasteiger partial charge in [-0.05, 0) is 73.4 Å². The minimum Gasteiger partial charge on any atom is -0.344 e. The van der Waals surface area contributed by atoms with Crippen molar-refractivity contribution in [1.29, 1.82) is 0 Å². The fourth-order valence-electron chi connectivity index (χ4n) is 5.91. The molecule has 216 valence electrons. The first-order valence-electron chi connectivity index (χ1n) is 14.0. The molecule has 0 spiro atoms. The Balaban J connectivity index is 1.35. The van der Waals surface area contributed by atoms with Crippen LogP contribution in [0, 0.1) is 12.3 Å². The van der Waals surface area contributed by atoms with Crippen LogP contribution in [0.5, 0.6) is 0 Å². The van der Waals surface area contributed by atoms with Gasteiger partial charge in [-0.25, -0.2) is 9.50 Å². The van der Waals surface area contributed by atoms with E-state index in [1.807, 2.05) is 42.5 Å². The van der Waals surface area contributed by atoms with Crippen LogP contribution in [0.1, 0.15) is 58.5 Å². The summed E-state index contributed by atoms with van der Waals surface area (Å²) < 4.78 is 33.5. The molecule has 0 saturated heterocycles. The van der Waals surface area contributed by atoms with Gasteiger partial charge in [0.05, 0.1) is 17.1 Å². The summed E-state index contributed by atoms with van der Waals surface area (Å²) in [5, 5.41) is 8.63. The van der Waals surface area contributed by atoms with E-state index in [1.54, 1.807) is 23.8 Å². The molecule has 0 radical (unpaired) electrons. The molecule has 1 amide bonds. The van der Waals surface area contributed by atoms with E-state index in [4.69, 9.17) is 6.42 Å². The zero-order valence-corrected chi connectivity index (χ0v) is 24.0. The van der Waals surface area contributed by atoms with Crippen molar-refractivity contribution in [3.63, 3.8) is 0 Å². The van der Waals surface area contributed by atoms with Crippen molar-refractivity contribution in [2.24, 2.45) is 0 Å². The molecule has 1 saturated carbocycles. The summed E-state index contributed by atoms with van der Waals surface area (Å²) in [6.45, 7) is 1.80. The standard InChI is InChI=1S/C31H27N7O4S/c1-3-19-10-11-20-12-15-23-24(20)25(19)31(40)38(22-8-5-4-6-9-22)27(23)18(2)33-30(39)26-28(34-37-17-7-16-32-29(26)37)36-43(41,42)35-21-13-14-21/h1,4-11,16-18,21,35H,12-15H2,2H3,(H,33,39)(H,34,36). The van der Waals surface area contributed by atoms with E-state index in [0.29, 0.717) is 28.8 Å². The zero-order valence-electron chi connectivity index (χ0n) is 23.2. The van der Waals surface area contributed by atoms with E-state index >= 15 is 0 Å². The van der Waals surface area contributed by atoms with Crippen LogP contribution in [0.2, 0.25) is 0 Å². The SMILES string of the molecule is C#Cc1ccc2c3c(c(C(C)NC(=O)c4c(NS(=O)(=O)NC5CC5)nn5cccnc45)n(-c4ccccc4)c(=O)c13)CC2. The molecule has 2 aliphatic rings. The largest absolute Gasteiger partial charge is 0.344 e. The van der Waals surface area contributed by atoms with Crippen LogP contribution in [0.3, 0.4) is 0 Å². The summed E-state index contributed by atoms with van der Waals surface area (Å²) in [7, 11) is -3.98. The highest BCUT2D eigenvalue weighted by atomic mass is 32.2. The van der Waals surface area contributed by atoms with Gasteiger partial charge in [0, 0.05) is 29.7 Å². The number of nitrogens with one attached hydrogen (secondary N) is 3. The molecule has 3 heterocycles. The number of amides is 1. The summed E-state index contributed by atoms with van der Waals surface area (Å²) in [5.41, 5.74) is 3.64. The Bertz CT molecular complexity index is 2160. The van der Waals surface area contributed by atoms with Gasteiger partial charge in [-0.3, -0.25) is 18.9 Å². The maximum absolute atomic E-state index is 14.2. The first-order chi connectivity index (χ1) is 20.8. The third-order valence-corrected chi connectivity index (χ3v) is 8.99. The van der Waals surface area contributed by atoms with Gasteiger partial charge in [-0.1, -0.05) is 30.2 Å². The Hall–Kier alpha value is -4.99. The van der Waals surface area contributed by atoms with Crippen LogP contribution in [0.4, 0.5) is 5.82 Å². The Morgan fingerprint density at radius 1 is 1.09 bits per heavy atom. The molecule has 2 aliphatic carbocycles. The van der Waals surface area contributed by atoms with Crippen molar-refractivity contribution in [1.82, 2.24) is 29.2 Å². The second-order valence-electron chi connectivity index (χ2n) is 10.8.